The minimum Gasteiger partial charge on any atom is -0.384 e. The molecule has 2 nitrogen and oxygen atoms in total. The lowest BCUT2D eigenvalue weighted by molar-refractivity contribution is 0.672. The second-order valence-corrected chi connectivity index (χ2v) is 7.32. The van der Waals surface area contributed by atoms with Gasteiger partial charge in [0, 0.05) is 34.9 Å². The number of alkyl halides is 1. The Hall–Kier alpha value is -0.930. The van der Waals surface area contributed by atoms with Gasteiger partial charge in [0.05, 0.1) is 5.52 Å². The molecular weight excluding hydrogens is 312 g/mol. The second-order valence-electron chi connectivity index (χ2n) is 5.72. The Morgan fingerprint density at radius 3 is 2.91 bits per heavy atom. The van der Waals surface area contributed by atoms with Gasteiger partial charge < -0.3 is 5.32 Å². The van der Waals surface area contributed by atoms with E-state index in [9.17, 15) is 0 Å². The third-order valence-corrected chi connectivity index (χ3v) is 5.64. The molecule has 4 heteroatoms. The molecule has 0 saturated carbocycles. The molecule has 0 amide bonds. The molecule has 0 spiro atoms. The maximum atomic E-state index is 5.71. The van der Waals surface area contributed by atoms with Crippen LogP contribution in [0.5, 0.6) is 0 Å². The zero-order valence-corrected chi connectivity index (χ0v) is 14.5. The van der Waals surface area contributed by atoms with Crippen LogP contribution in [0.15, 0.2) is 24.3 Å². The molecule has 0 aliphatic heterocycles. The number of halogens is 1. The Bertz CT molecular complexity index is 630. The van der Waals surface area contributed by atoms with Gasteiger partial charge in [0.2, 0.25) is 0 Å². The molecule has 0 bridgehead atoms. The van der Waals surface area contributed by atoms with Crippen LogP contribution in [0.1, 0.15) is 30.5 Å². The molecule has 0 fully saturated rings. The Labute approximate surface area is 142 Å². The Balaban J connectivity index is 1.77. The van der Waals surface area contributed by atoms with Crippen LogP contribution in [0.4, 0.5) is 5.69 Å². The molecule has 1 heterocycles. The van der Waals surface area contributed by atoms with Gasteiger partial charge in [-0.3, -0.25) is 4.98 Å². The van der Waals surface area contributed by atoms with E-state index in [0.29, 0.717) is 0 Å². The lowest BCUT2D eigenvalue weighted by Gasteiger charge is -2.21. The SMILES string of the molecule is ClCCSCCCNc1c2c(nc3ccccc13)CCCC2. The summed E-state index contributed by atoms with van der Waals surface area (Å²) in [5, 5.41) is 4.98. The highest BCUT2D eigenvalue weighted by Crippen LogP contribution is 2.33. The molecule has 0 radical (unpaired) electrons. The highest BCUT2D eigenvalue weighted by atomic mass is 35.5. The summed E-state index contributed by atoms with van der Waals surface area (Å²) in [6.07, 6.45) is 6.02. The number of para-hydroxylation sites is 1. The first-order valence-electron chi connectivity index (χ1n) is 8.18. The van der Waals surface area contributed by atoms with Gasteiger partial charge in [-0.2, -0.15) is 11.8 Å². The first kappa shape index (κ1) is 15.9. The third kappa shape index (κ3) is 3.69. The maximum absolute atomic E-state index is 5.71. The van der Waals surface area contributed by atoms with E-state index in [1.165, 1.54) is 47.3 Å². The summed E-state index contributed by atoms with van der Waals surface area (Å²) in [6, 6.07) is 8.52. The van der Waals surface area contributed by atoms with E-state index in [4.69, 9.17) is 16.6 Å². The molecule has 0 unspecified atom stereocenters. The van der Waals surface area contributed by atoms with E-state index in [1.54, 1.807) is 0 Å². The summed E-state index contributed by atoms with van der Waals surface area (Å²) in [7, 11) is 0. The van der Waals surface area contributed by atoms with Crippen LogP contribution in [-0.2, 0) is 12.8 Å². The van der Waals surface area contributed by atoms with E-state index in [0.717, 1.165) is 36.5 Å². The third-order valence-electron chi connectivity index (χ3n) is 4.16. The van der Waals surface area contributed by atoms with Crippen molar-refractivity contribution < 1.29 is 0 Å². The number of nitrogens with zero attached hydrogens (tertiary/aromatic N) is 1. The minimum atomic E-state index is 0.751. The normalized spacial score (nSPS) is 14.0. The van der Waals surface area contributed by atoms with Crippen molar-refractivity contribution in [1.29, 1.82) is 0 Å². The molecule has 1 aromatic heterocycles. The zero-order chi connectivity index (χ0) is 15.2. The van der Waals surface area contributed by atoms with Crippen LogP contribution >= 0.6 is 23.4 Å². The van der Waals surface area contributed by atoms with E-state index < -0.39 is 0 Å². The van der Waals surface area contributed by atoms with E-state index in [1.807, 2.05) is 11.8 Å². The molecule has 22 heavy (non-hydrogen) atoms. The maximum Gasteiger partial charge on any atom is 0.0726 e. The number of benzene rings is 1. The first-order valence-corrected chi connectivity index (χ1v) is 9.87. The fourth-order valence-corrected chi connectivity index (χ4v) is 4.11. The van der Waals surface area contributed by atoms with E-state index in [-0.39, 0.29) is 0 Å². The van der Waals surface area contributed by atoms with Crippen LogP contribution in [0.2, 0.25) is 0 Å². The van der Waals surface area contributed by atoms with Crippen molar-refractivity contribution in [2.24, 2.45) is 0 Å². The van der Waals surface area contributed by atoms with Gasteiger partial charge >= 0.3 is 0 Å². The van der Waals surface area contributed by atoms with Crippen molar-refractivity contribution in [1.82, 2.24) is 4.98 Å². The molecule has 0 atom stereocenters. The van der Waals surface area contributed by atoms with Gasteiger partial charge in [0.25, 0.3) is 0 Å². The van der Waals surface area contributed by atoms with Gasteiger partial charge in [0.1, 0.15) is 0 Å². The molecule has 0 saturated heterocycles. The van der Waals surface area contributed by atoms with Crippen molar-refractivity contribution in [3.05, 3.63) is 35.5 Å². The van der Waals surface area contributed by atoms with Gasteiger partial charge in [-0.15, -0.1) is 11.6 Å². The van der Waals surface area contributed by atoms with Gasteiger partial charge in [-0.05, 0) is 49.5 Å². The summed E-state index contributed by atoms with van der Waals surface area (Å²) in [4.78, 5) is 4.89. The largest absolute Gasteiger partial charge is 0.384 e. The molecular formula is C18H23ClN2S. The Kier molecular flexibility index (Phi) is 5.85. The zero-order valence-electron chi connectivity index (χ0n) is 12.9. The number of thioether (sulfide) groups is 1. The van der Waals surface area contributed by atoms with E-state index in [2.05, 4.69) is 29.6 Å². The van der Waals surface area contributed by atoms with Crippen molar-refractivity contribution >= 4 is 40.0 Å². The van der Waals surface area contributed by atoms with Crippen molar-refractivity contribution in [2.75, 3.05) is 29.2 Å². The Morgan fingerprint density at radius 2 is 2.00 bits per heavy atom. The number of aromatic nitrogens is 1. The number of pyridine rings is 1. The first-order chi connectivity index (χ1) is 10.9. The number of fused-ring (bicyclic) bond motifs is 2. The lowest BCUT2D eigenvalue weighted by atomic mass is 9.92. The summed E-state index contributed by atoms with van der Waals surface area (Å²) in [6.45, 7) is 1.02. The minimum absolute atomic E-state index is 0.751. The fourth-order valence-electron chi connectivity index (χ4n) is 3.12. The molecule has 118 valence electrons. The number of hydrogen-bond acceptors (Lipinski definition) is 3. The Morgan fingerprint density at radius 1 is 1.14 bits per heavy atom. The van der Waals surface area contributed by atoms with Crippen LogP contribution in [0, 0.1) is 0 Å². The number of rotatable bonds is 7. The number of hydrogen-bond donors (Lipinski definition) is 1. The molecule has 1 aromatic carbocycles. The summed E-state index contributed by atoms with van der Waals surface area (Å²) < 4.78 is 0. The van der Waals surface area contributed by atoms with Gasteiger partial charge in [0.15, 0.2) is 0 Å². The highest BCUT2D eigenvalue weighted by Gasteiger charge is 2.17. The lowest BCUT2D eigenvalue weighted by Crippen LogP contribution is -2.12. The van der Waals surface area contributed by atoms with Gasteiger partial charge in [-0.25, -0.2) is 0 Å². The molecule has 3 rings (SSSR count). The van der Waals surface area contributed by atoms with Crippen LogP contribution < -0.4 is 5.32 Å². The molecule has 1 N–H and O–H groups in total. The standard InChI is InChI=1S/C18H23ClN2S/c19-10-13-22-12-5-11-20-18-14-6-1-3-8-16(14)21-17-9-4-2-7-15(17)18/h1,3,6,8H,2,4-5,7,9-13H2,(H,20,21). The smallest absolute Gasteiger partial charge is 0.0726 e. The second kappa shape index (κ2) is 8.07. The fraction of sp³-hybridized carbons (Fsp3) is 0.500. The average Bonchev–Trinajstić information content (AvgIpc) is 2.57. The summed E-state index contributed by atoms with van der Waals surface area (Å²) >= 11 is 7.65. The molecule has 1 aliphatic carbocycles. The average molecular weight is 335 g/mol. The number of aryl methyl sites for hydroxylation is 1. The van der Waals surface area contributed by atoms with Gasteiger partial charge in [-0.1, -0.05) is 18.2 Å². The predicted octanol–water partition coefficient (Wildman–Crippen LogP) is 4.89. The van der Waals surface area contributed by atoms with Crippen LogP contribution in [-0.4, -0.2) is 28.9 Å². The van der Waals surface area contributed by atoms with Crippen molar-refractivity contribution in [3.8, 4) is 0 Å². The number of nitrogens with one attached hydrogen (secondary N) is 1. The van der Waals surface area contributed by atoms with Crippen LogP contribution in [0.25, 0.3) is 10.9 Å². The topological polar surface area (TPSA) is 24.9 Å². The molecule has 1 aliphatic rings. The highest BCUT2D eigenvalue weighted by molar-refractivity contribution is 7.99. The van der Waals surface area contributed by atoms with Crippen LogP contribution in [0.3, 0.4) is 0 Å². The van der Waals surface area contributed by atoms with Crippen molar-refractivity contribution in [3.63, 3.8) is 0 Å². The quantitative estimate of drug-likeness (QED) is 0.576. The van der Waals surface area contributed by atoms with E-state index >= 15 is 0 Å². The summed E-state index contributed by atoms with van der Waals surface area (Å²) in [5.74, 6) is 2.97. The predicted molar refractivity (Wildman–Crippen MR) is 99.5 cm³/mol. The molecule has 2 aromatic rings. The van der Waals surface area contributed by atoms with Crippen molar-refractivity contribution in [2.45, 2.75) is 32.1 Å². The monoisotopic (exact) mass is 334 g/mol. The number of anilines is 1. The summed E-state index contributed by atoms with van der Waals surface area (Å²) in [5.41, 5.74) is 5.23.